The molecule has 1 atom stereocenters. The maximum Gasteiger partial charge on any atom is 0.408 e. The van der Waals surface area contributed by atoms with Crippen LogP contribution in [0.3, 0.4) is 0 Å². The van der Waals surface area contributed by atoms with Crippen molar-refractivity contribution in [1.29, 1.82) is 0 Å². The average molecular weight is 385 g/mol. The van der Waals surface area contributed by atoms with Crippen molar-refractivity contribution in [3.63, 3.8) is 0 Å². The Morgan fingerprint density at radius 3 is 2.43 bits per heavy atom. The molecule has 0 heterocycles. The Morgan fingerprint density at radius 1 is 1.00 bits per heavy atom. The molecule has 0 aliphatic rings. The van der Waals surface area contributed by atoms with Crippen LogP contribution in [0.25, 0.3) is 0 Å². The van der Waals surface area contributed by atoms with Gasteiger partial charge in [0, 0.05) is 12.0 Å². The topological polar surface area (TPSA) is 90.9 Å². The molecule has 0 bridgehead atoms. The van der Waals surface area contributed by atoms with Crippen molar-refractivity contribution in [2.45, 2.75) is 25.5 Å². The van der Waals surface area contributed by atoms with Gasteiger partial charge in [0.25, 0.3) is 0 Å². The predicted molar refractivity (Wildman–Crippen MR) is 102 cm³/mol. The Hall–Kier alpha value is -3.35. The number of nitrogens with one attached hydrogen (secondary N) is 1. The van der Waals surface area contributed by atoms with E-state index in [1.807, 2.05) is 6.07 Å². The van der Waals surface area contributed by atoms with Crippen molar-refractivity contribution in [3.05, 3.63) is 65.7 Å². The molecule has 0 aromatic heterocycles. The molecule has 0 saturated heterocycles. The molecule has 28 heavy (non-hydrogen) atoms. The van der Waals surface area contributed by atoms with E-state index in [4.69, 9.17) is 14.2 Å². The summed E-state index contributed by atoms with van der Waals surface area (Å²) >= 11 is 0. The second-order valence-corrected chi connectivity index (χ2v) is 5.98. The van der Waals surface area contributed by atoms with Crippen LogP contribution < -0.4 is 10.1 Å². The summed E-state index contributed by atoms with van der Waals surface area (Å²) in [7, 11) is 2.77. The molecule has 0 fully saturated rings. The van der Waals surface area contributed by atoms with E-state index in [2.05, 4.69) is 5.32 Å². The van der Waals surface area contributed by atoms with Crippen molar-refractivity contribution >= 4 is 17.8 Å². The van der Waals surface area contributed by atoms with E-state index in [0.29, 0.717) is 11.3 Å². The zero-order valence-corrected chi connectivity index (χ0v) is 15.8. The number of esters is 1. The predicted octanol–water partition coefficient (Wildman–Crippen LogP) is 3.13. The Bertz CT molecular complexity index is 806. The van der Waals surface area contributed by atoms with E-state index in [1.165, 1.54) is 7.11 Å². The van der Waals surface area contributed by atoms with Gasteiger partial charge < -0.3 is 19.5 Å². The van der Waals surface area contributed by atoms with Gasteiger partial charge in [-0.2, -0.15) is 0 Å². The Morgan fingerprint density at radius 2 is 1.75 bits per heavy atom. The number of rotatable bonds is 9. The lowest BCUT2D eigenvalue weighted by atomic mass is 10.0. The molecule has 1 unspecified atom stereocenters. The molecular weight excluding hydrogens is 362 g/mol. The first kappa shape index (κ1) is 21.0. The number of ether oxygens (including phenoxy) is 3. The Labute approximate surface area is 163 Å². The van der Waals surface area contributed by atoms with Crippen LogP contribution in [-0.4, -0.2) is 38.1 Å². The van der Waals surface area contributed by atoms with E-state index in [1.54, 1.807) is 55.6 Å². The summed E-state index contributed by atoms with van der Waals surface area (Å²) in [6, 6.07) is 14.8. The van der Waals surface area contributed by atoms with Crippen LogP contribution in [0.1, 0.15) is 28.8 Å². The number of carbonyl (C=O) groups is 3. The van der Waals surface area contributed by atoms with Crippen molar-refractivity contribution in [3.8, 4) is 5.75 Å². The smallest absolute Gasteiger partial charge is 0.408 e. The summed E-state index contributed by atoms with van der Waals surface area (Å²) in [5.41, 5.74) is 1.29. The van der Waals surface area contributed by atoms with Gasteiger partial charge >= 0.3 is 12.1 Å². The maximum atomic E-state index is 12.2. The molecule has 7 heteroatoms. The minimum absolute atomic E-state index is 0.0138. The number of hydrogen-bond donors (Lipinski definition) is 1. The number of methoxy groups -OCH3 is 2. The van der Waals surface area contributed by atoms with Gasteiger partial charge in [-0.15, -0.1) is 0 Å². The fourth-order valence-electron chi connectivity index (χ4n) is 2.53. The van der Waals surface area contributed by atoms with Gasteiger partial charge in [-0.25, -0.2) is 9.59 Å². The summed E-state index contributed by atoms with van der Waals surface area (Å²) in [4.78, 5) is 36.2. The van der Waals surface area contributed by atoms with E-state index in [-0.39, 0.29) is 25.2 Å². The van der Waals surface area contributed by atoms with Crippen molar-refractivity contribution in [1.82, 2.24) is 5.32 Å². The number of carbonyl (C=O) groups excluding carboxylic acids is 3. The zero-order valence-electron chi connectivity index (χ0n) is 15.8. The first-order valence-electron chi connectivity index (χ1n) is 8.75. The summed E-state index contributed by atoms with van der Waals surface area (Å²) < 4.78 is 15.0. The highest BCUT2D eigenvalue weighted by atomic mass is 16.6. The monoisotopic (exact) mass is 385 g/mol. The number of ketones is 1. The van der Waals surface area contributed by atoms with E-state index < -0.39 is 18.1 Å². The molecule has 0 radical (unpaired) electrons. The number of hydrogen-bond acceptors (Lipinski definition) is 6. The standard InChI is InChI=1S/C21H23NO6/c1-26-17-10-6-7-15(13-17)14-28-21(25)22-18(20(24)27-2)11-12-19(23)16-8-4-3-5-9-16/h3-10,13,18H,11-12,14H2,1-2H3,(H,22,25). The van der Waals surface area contributed by atoms with Gasteiger partial charge in [0.05, 0.1) is 14.2 Å². The molecule has 1 amide bonds. The van der Waals surface area contributed by atoms with E-state index >= 15 is 0 Å². The fourth-order valence-corrected chi connectivity index (χ4v) is 2.53. The quantitative estimate of drug-likeness (QED) is 0.527. The van der Waals surface area contributed by atoms with Gasteiger partial charge in [-0.05, 0) is 24.1 Å². The molecule has 1 N–H and O–H groups in total. The minimum atomic E-state index is -0.976. The summed E-state index contributed by atoms with van der Waals surface area (Å²) in [6.45, 7) is 0.0138. The van der Waals surface area contributed by atoms with E-state index in [0.717, 1.165) is 5.56 Å². The van der Waals surface area contributed by atoms with Crippen LogP contribution in [-0.2, 0) is 20.9 Å². The SMILES string of the molecule is COC(=O)C(CCC(=O)c1ccccc1)NC(=O)OCc1cccc(OC)c1. The zero-order chi connectivity index (χ0) is 20.4. The molecule has 2 aromatic rings. The largest absolute Gasteiger partial charge is 0.497 e. The summed E-state index contributed by atoms with van der Waals surface area (Å²) in [5, 5.41) is 2.45. The van der Waals surface area contributed by atoms with Crippen LogP contribution >= 0.6 is 0 Å². The fraction of sp³-hybridized carbons (Fsp3) is 0.286. The lowest BCUT2D eigenvalue weighted by molar-refractivity contribution is -0.143. The molecule has 0 saturated carbocycles. The second kappa shape index (κ2) is 10.7. The molecule has 2 rings (SSSR count). The van der Waals surface area contributed by atoms with Crippen molar-refractivity contribution < 1.29 is 28.6 Å². The van der Waals surface area contributed by atoms with Crippen molar-refractivity contribution in [2.75, 3.05) is 14.2 Å². The normalized spacial score (nSPS) is 11.2. The molecule has 0 aliphatic heterocycles. The number of amides is 1. The lowest BCUT2D eigenvalue weighted by Gasteiger charge is -2.16. The van der Waals surface area contributed by atoms with Gasteiger partial charge in [0.1, 0.15) is 18.4 Å². The van der Waals surface area contributed by atoms with Crippen LogP contribution in [0, 0.1) is 0 Å². The van der Waals surface area contributed by atoms with Crippen LogP contribution in [0.2, 0.25) is 0 Å². The molecule has 148 valence electrons. The Kier molecular flexibility index (Phi) is 8.02. The lowest BCUT2D eigenvalue weighted by Crippen LogP contribution is -2.42. The Balaban J connectivity index is 1.89. The molecular formula is C21H23NO6. The second-order valence-electron chi connectivity index (χ2n) is 5.98. The average Bonchev–Trinajstić information content (AvgIpc) is 2.75. The number of alkyl carbamates (subject to hydrolysis) is 1. The molecule has 0 aliphatic carbocycles. The van der Waals surface area contributed by atoms with Gasteiger partial charge in [-0.3, -0.25) is 4.79 Å². The van der Waals surface area contributed by atoms with Gasteiger partial charge in [-0.1, -0.05) is 42.5 Å². The first-order chi connectivity index (χ1) is 13.5. The summed E-state index contributed by atoms with van der Waals surface area (Å²) in [5.74, 6) is -0.117. The highest BCUT2D eigenvalue weighted by Crippen LogP contribution is 2.13. The van der Waals surface area contributed by atoms with Gasteiger partial charge in [0.2, 0.25) is 0 Å². The first-order valence-corrected chi connectivity index (χ1v) is 8.75. The molecule has 0 spiro atoms. The highest BCUT2D eigenvalue weighted by Gasteiger charge is 2.23. The molecule has 2 aromatic carbocycles. The number of Topliss-reactive ketones (excluding diaryl/α,β-unsaturated/α-hetero) is 1. The van der Waals surface area contributed by atoms with Crippen LogP contribution in [0.15, 0.2) is 54.6 Å². The third kappa shape index (κ3) is 6.42. The van der Waals surface area contributed by atoms with Crippen LogP contribution in [0.4, 0.5) is 4.79 Å². The molecule has 7 nitrogen and oxygen atoms in total. The minimum Gasteiger partial charge on any atom is -0.497 e. The maximum absolute atomic E-state index is 12.2. The number of benzene rings is 2. The highest BCUT2D eigenvalue weighted by molar-refractivity contribution is 5.96. The third-order valence-corrected chi connectivity index (χ3v) is 4.04. The van der Waals surface area contributed by atoms with E-state index in [9.17, 15) is 14.4 Å². The summed E-state index contributed by atoms with van der Waals surface area (Å²) in [6.07, 6.45) is -0.584. The third-order valence-electron chi connectivity index (χ3n) is 4.04. The van der Waals surface area contributed by atoms with Crippen LogP contribution in [0.5, 0.6) is 5.75 Å². The van der Waals surface area contributed by atoms with Gasteiger partial charge in [0.15, 0.2) is 5.78 Å². The van der Waals surface area contributed by atoms with Crippen molar-refractivity contribution in [2.24, 2.45) is 0 Å².